The van der Waals surface area contributed by atoms with Crippen molar-refractivity contribution in [2.24, 2.45) is 0 Å². The number of alkyl halides is 3. The molecule has 3 rings (SSSR count). The minimum absolute atomic E-state index is 0.193. The molecule has 2 aromatic carbocycles. The summed E-state index contributed by atoms with van der Waals surface area (Å²) < 4.78 is 31.7. The van der Waals surface area contributed by atoms with E-state index in [1.54, 1.807) is 18.2 Å². The molecule has 1 atom stereocenters. The van der Waals surface area contributed by atoms with Crippen LogP contribution in [0.25, 0.3) is 0 Å². The van der Waals surface area contributed by atoms with Gasteiger partial charge in [-0.25, -0.2) is 4.79 Å². The first-order valence-electron chi connectivity index (χ1n) is 9.96. The number of anilines is 2. The Morgan fingerprint density at radius 2 is 1.73 bits per heavy atom. The maximum Gasteiger partial charge on any atom is 0.490 e. The van der Waals surface area contributed by atoms with Crippen molar-refractivity contribution in [1.82, 2.24) is 5.32 Å². The van der Waals surface area contributed by atoms with Gasteiger partial charge in [0, 0.05) is 24.7 Å². The van der Waals surface area contributed by atoms with Crippen LogP contribution in [0.1, 0.15) is 41.6 Å². The summed E-state index contributed by atoms with van der Waals surface area (Å²) in [5.41, 5.74) is 2.95. The Morgan fingerprint density at radius 1 is 1.09 bits per heavy atom. The van der Waals surface area contributed by atoms with Crippen molar-refractivity contribution < 1.29 is 32.7 Å². The molecule has 1 aliphatic rings. The van der Waals surface area contributed by atoms with Crippen LogP contribution in [-0.4, -0.2) is 42.2 Å². The Morgan fingerprint density at radius 3 is 2.21 bits per heavy atom. The molecule has 1 fully saturated rings. The maximum atomic E-state index is 12.4. The molecule has 33 heavy (non-hydrogen) atoms. The molecule has 0 bridgehead atoms. The molecule has 0 spiro atoms. The molecule has 0 radical (unpaired) electrons. The standard InChI is InChI=1S/C20H22ClN3O2.C2HF3O2/c1-13(25)23-19-9-8-17(11-18(19)21)24-20(26)15-6-4-14(5-7-15)16-3-2-10-22-12-16;3-2(4,5)1(6)7/h4-9,11,16,22H,2-3,10,12H2,1H3,(H,23,25)(H,24,26);(H,6,7). The minimum atomic E-state index is -5.08. The molecule has 11 heteroatoms. The summed E-state index contributed by atoms with van der Waals surface area (Å²) in [6.07, 6.45) is -2.72. The fourth-order valence-electron chi connectivity index (χ4n) is 3.13. The van der Waals surface area contributed by atoms with E-state index in [0.717, 1.165) is 13.1 Å². The predicted molar refractivity (Wildman–Crippen MR) is 119 cm³/mol. The van der Waals surface area contributed by atoms with Gasteiger partial charge in [-0.2, -0.15) is 13.2 Å². The van der Waals surface area contributed by atoms with Gasteiger partial charge < -0.3 is 21.1 Å². The van der Waals surface area contributed by atoms with Gasteiger partial charge in [0.05, 0.1) is 10.7 Å². The van der Waals surface area contributed by atoms with Crippen LogP contribution in [-0.2, 0) is 9.59 Å². The molecule has 7 nitrogen and oxygen atoms in total. The quantitative estimate of drug-likeness (QED) is 0.504. The molecule has 1 aliphatic heterocycles. The highest BCUT2D eigenvalue weighted by Crippen LogP contribution is 2.26. The van der Waals surface area contributed by atoms with Crippen LogP contribution in [0.2, 0.25) is 5.02 Å². The topological polar surface area (TPSA) is 108 Å². The Hall–Kier alpha value is -3.11. The summed E-state index contributed by atoms with van der Waals surface area (Å²) in [6.45, 7) is 3.49. The minimum Gasteiger partial charge on any atom is -0.475 e. The van der Waals surface area contributed by atoms with Crippen LogP contribution in [0.15, 0.2) is 42.5 Å². The largest absolute Gasteiger partial charge is 0.490 e. The van der Waals surface area contributed by atoms with Gasteiger partial charge in [0.25, 0.3) is 5.91 Å². The number of nitrogens with one attached hydrogen (secondary N) is 3. The lowest BCUT2D eigenvalue weighted by Crippen LogP contribution is -2.28. The van der Waals surface area contributed by atoms with E-state index in [1.807, 2.05) is 24.3 Å². The van der Waals surface area contributed by atoms with Gasteiger partial charge in [-0.3, -0.25) is 9.59 Å². The predicted octanol–water partition coefficient (Wildman–Crippen LogP) is 4.65. The van der Waals surface area contributed by atoms with Crippen molar-refractivity contribution in [2.45, 2.75) is 31.9 Å². The highest BCUT2D eigenvalue weighted by atomic mass is 35.5. The Balaban J connectivity index is 0.000000479. The number of aliphatic carboxylic acids is 1. The number of carboxylic acid groups (broad SMARTS) is 1. The Labute approximate surface area is 193 Å². The van der Waals surface area contributed by atoms with Crippen LogP contribution < -0.4 is 16.0 Å². The summed E-state index contributed by atoms with van der Waals surface area (Å²) in [7, 11) is 0. The zero-order chi connectivity index (χ0) is 24.6. The molecule has 178 valence electrons. The first-order chi connectivity index (χ1) is 15.5. The summed E-state index contributed by atoms with van der Waals surface area (Å²) >= 11 is 6.14. The summed E-state index contributed by atoms with van der Waals surface area (Å²) in [5.74, 6) is -2.63. The lowest BCUT2D eigenvalue weighted by molar-refractivity contribution is -0.192. The zero-order valence-corrected chi connectivity index (χ0v) is 18.4. The lowest BCUT2D eigenvalue weighted by Gasteiger charge is -2.23. The number of benzene rings is 2. The highest BCUT2D eigenvalue weighted by molar-refractivity contribution is 6.34. The van der Waals surface area contributed by atoms with Crippen molar-refractivity contribution in [2.75, 3.05) is 23.7 Å². The third kappa shape index (κ3) is 8.39. The second kappa shape index (κ2) is 11.7. The molecule has 2 amide bonds. The van der Waals surface area contributed by atoms with Gasteiger partial charge in [0.1, 0.15) is 0 Å². The maximum absolute atomic E-state index is 12.4. The zero-order valence-electron chi connectivity index (χ0n) is 17.6. The summed E-state index contributed by atoms with van der Waals surface area (Å²) in [5, 5.41) is 16.4. The first kappa shape index (κ1) is 26.1. The third-order valence-corrected chi connectivity index (χ3v) is 5.03. The van der Waals surface area contributed by atoms with Gasteiger partial charge in [-0.15, -0.1) is 0 Å². The van der Waals surface area contributed by atoms with Crippen LogP contribution in [0.5, 0.6) is 0 Å². The van der Waals surface area contributed by atoms with Crippen LogP contribution >= 0.6 is 11.6 Å². The van der Waals surface area contributed by atoms with Crippen LogP contribution in [0.3, 0.4) is 0 Å². The number of halogens is 4. The van der Waals surface area contributed by atoms with Gasteiger partial charge >= 0.3 is 12.1 Å². The van der Waals surface area contributed by atoms with E-state index in [-0.39, 0.29) is 11.8 Å². The smallest absolute Gasteiger partial charge is 0.475 e. The van der Waals surface area contributed by atoms with E-state index >= 15 is 0 Å². The van der Waals surface area contributed by atoms with Crippen molar-refractivity contribution >= 4 is 40.8 Å². The molecular weight excluding hydrogens is 463 g/mol. The van der Waals surface area contributed by atoms with Gasteiger partial charge in [-0.05, 0) is 61.2 Å². The van der Waals surface area contributed by atoms with Crippen molar-refractivity contribution in [3.8, 4) is 0 Å². The third-order valence-electron chi connectivity index (χ3n) is 4.72. The molecule has 4 N–H and O–H groups in total. The summed E-state index contributed by atoms with van der Waals surface area (Å²) in [6, 6.07) is 12.8. The Bertz CT molecular complexity index is 991. The number of rotatable bonds is 4. The second-order valence-corrected chi connectivity index (χ2v) is 7.71. The molecule has 0 aromatic heterocycles. The number of hydrogen-bond acceptors (Lipinski definition) is 4. The van der Waals surface area contributed by atoms with Crippen LogP contribution in [0.4, 0.5) is 24.5 Å². The van der Waals surface area contributed by atoms with E-state index in [2.05, 4.69) is 16.0 Å². The molecule has 0 saturated carbocycles. The van der Waals surface area contributed by atoms with Crippen molar-refractivity contribution in [3.63, 3.8) is 0 Å². The second-order valence-electron chi connectivity index (χ2n) is 7.30. The number of carbonyl (C=O) groups excluding carboxylic acids is 2. The van der Waals surface area contributed by atoms with E-state index in [0.29, 0.717) is 27.9 Å². The molecule has 0 aliphatic carbocycles. The van der Waals surface area contributed by atoms with E-state index in [9.17, 15) is 22.8 Å². The molecule has 2 aromatic rings. The number of amides is 2. The van der Waals surface area contributed by atoms with Gasteiger partial charge in [-0.1, -0.05) is 23.7 Å². The number of piperidine rings is 1. The fraction of sp³-hybridized carbons (Fsp3) is 0.318. The number of carboxylic acids is 1. The van der Waals surface area contributed by atoms with E-state index in [4.69, 9.17) is 21.5 Å². The molecule has 1 unspecified atom stereocenters. The normalized spacial score (nSPS) is 15.6. The SMILES string of the molecule is CC(=O)Nc1ccc(NC(=O)c2ccc(C3CCCNC3)cc2)cc1Cl.O=C(O)C(F)(F)F. The summed E-state index contributed by atoms with van der Waals surface area (Å²) in [4.78, 5) is 32.4. The molecule has 1 heterocycles. The van der Waals surface area contributed by atoms with Crippen molar-refractivity contribution in [3.05, 3.63) is 58.6 Å². The monoisotopic (exact) mass is 485 g/mol. The van der Waals surface area contributed by atoms with E-state index < -0.39 is 12.1 Å². The van der Waals surface area contributed by atoms with Crippen molar-refractivity contribution in [1.29, 1.82) is 0 Å². The number of carbonyl (C=O) groups is 3. The average molecular weight is 486 g/mol. The van der Waals surface area contributed by atoms with E-state index in [1.165, 1.54) is 25.3 Å². The number of hydrogen-bond donors (Lipinski definition) is 4. The highest BCUT2D eigenvalue weighted by Gasteiger charge is 2.38. The molecular formula is C22H23ClF3N3O4. The molecule has 1 saturated heterocycles. The lowest BCUT2D eigenvalue weighted by atomic mass is 9.91. The Kier molecular flexibility index (Phi) is 9.24. The van der Waals surface area contributed by atoms with Gasteiger partial charge in [0.15, 0.2) is 0 Å². The first-order valence-corrected chi connectivity index (χ1v) is 10.3. The average Bonchev–Trinajstić information content (AvgIpc) is 2.76. The fourth-order valence-corrected chi connectivity index (χ4v) is 3.36. The van der Waals surface area contributed by atoms with Gasteiger partial charge in [0.2, 0.25) is 5.91 Å². The van der Waals surface area contributed by atoms with Crippen LogP contribution in [0, 0.1) is 0 Å².